The molecular weight excluding hydrogens is 590 g/mol. The summed E-state index contributed by atoms with van der Waals surface area (Å²) in [6, 6.07) is -5.98. The minimum absolute atomic E-state index is 0.113. The molecule has 0 spiro atoms. The average Bonchev–Trinajstić information content (AvgIpc) is 2.84. The van der Waals surface area contributed by atoms with Gasteiger partial charge in [-0.05, 0) is 17.7 Å². The van der Waals surface area contributed by atoms with Gasteiger partial charge in [0.1, 0.15) is 12.1 Å². The number of aliphatic hydroxyl groups is 1. The van der Waals surface area contributed by atoms with Crippen LogP contribution >= 0.6 is 21.6 Å². The molecule has 0 aromatic heterocycles. The van der Waals surface area contributed by atoms with E-state index in [9.17, 15) is 48.6 Å². The maximum Gasteiger partial charge on any atom is 0.309 e. The molecule has 0 radical (unpaired) electrons. The van der Waals surface area contributed by atoms with Gasteiger partial charge >= 0.3 is 11.9 Å². The summed E-state index contributed by atoms with van der Waals surface area (Å²) in [6.45, 7) is 1.12. The van der Waals surface area contributed by atoms with Crippen LogP contribution in [-0.2, 0) is 43.1 Å². The molecule has 6 amide bonds. The van der Waals surface area contributed by atoms with Crippen LogP contribution in [0, 0.1) is 0 Å². The first-order valence-corrected chi connectivity index (χ1v) is 14.3. The van der Waals surface area contributed by atoms with Crippen molar-refractivity contribution in [2.75, 3.05) is 18.8 Å². The number of nitrogens with zero attached hydrogens (tertiary/aromatic N) is 1. The van der Waals surface area contributed by atoms with Crippen LogP contribution in [0.5, 0.6) is 0 Å². The lowest BCUT2D eigenvalue weighted by molar-refractivity contribution is -0.160. The number of carboxylic acids is 1. The summed E-state index contributed by atoms with van der Waals surface area (Å²) in [6.07, 6.45) is -2.54. The Labute approximate surface area is 241 Å². The van der Waals surface area contributed by atoms with Crippen molar-refractivity contribution >= 4 is 69.0 Å². The molecule has 1 saturated heterocycles. The van der Waals surface area contributed by atoms with Gasteiger partial charge in [0.25, 0.3) is 0 Å². The van der Waals surface area contributed by atoms with Crippen molar-refractivity contribution in [3.8, 4) is 0 Å². The van der Waals surface area contributed by atoms with E-state index in [0.29, 0.717) is 10.8 Å². The minimum atomic E-state index is -1.70. The standard InChI is InChI=1S/C21H33N7O11S2/c1-8(29)3-15(34)39-21(41-40-7-10(22)17(24)35)16-19(37)27-12(18(36)25-5-13(23)31)6-28(16)20(38)11(4-14(32)33)26-9(2)30/h8,10-12,16,21,29H,3-7,22H2,1-2H3,(H2,23,31)(H2,24,35)(H,25,36)(H,26,30)(H,27,37)(H,32,33)/t8-,10+,11+,12+,16-,21?/m1/s1. The average molecular weight is 624 g/mol. The van der Waals surface area contributed by atoms with Crippen LogP contribution in [0.4, 0.5) is 0 Å². The number of carbonyl (C=O) groups is 8. The van der Waals surface area contributed by atoms with Gasteiger partial charge in [-0.15, -0.1) is 0 Å². The quantitative estimate of drug-likeness (QED) is 0.0454. The zero-order valence-corrected chi connectivity index (χ0v) is 23.7. The maximum absolute atomic E-state index is 13.6. The number of carboxylic acid groups (broad SMARTS) is 1. The molecule has 18 nitrogen and oxygen atoms in total. The predicted molar refractivity (Wildman–Crippen MR) is 143 cm³/mol. The number of esters is 1. The van der Waals surface area contributed by atoms with E-state index in [4.69, 9.17) is 21.9 Å². The van der Waals surface area contributed by atoms with Gasteiger partial charge in [-0.3, -0.25) is 38.4 Å². The molecule has 1 aliphatic heterocycles. The van der Waals surface area contributed by atoms with Crippen LogP contribution in [0.25, 0.3) is 0 Å². The molecule has 6 atom stereocenters. The zero-order chi connectivity index (χ0) is 31.4. The molecular formula is C21H33N7O11S2. The highest BCUT2D eigenvalue weighted by molar-refractivity contribution is 8.76. The van der Waals surface area contributed by atoms with Crippen molar-refractivity contribution in [3.05, 3.63) is 0 Å². The van der Waals surface area contributed by atoms with E-state index in [1.165, 1.54) is 6.92 Å². The number of amides is 6. The number of aliphatic carboxylic acids is 1. The zero-order valence-electron chi connectivity index (χ0n) is 22.1. The molecule has 1 rings (SSSR count). The largest absolute Gasteiger partial charge is 0.481 e. The second-order valence-corrected chi connectivity index (χ2v) is 11.3. The summed E-state index contributed by atoms with van der Waals surface area (Å²) < 4.78 is 5.38. The van der Waals surface area contributed by atoms with Crippen LogP contribution < -0.4 is 33.2 Å². The highest BCUT2D eigenvalue weighted by Gasteiger charge is 2.47. The molecule has 0 saturated carbocycles. The Morgan fingerprint density at radius 1 is 1.17 bits per heavy atom. The number of hydrogen-bond acceptors (Lipinski definition) is 13. The van der Waals surface area contributed by atoms with Crippen LogP contribution in [0.15, 0.2) is 0 Å². The highest BCUT2D eigenvalue weighted by atomic mass is 33.1. The van der Waals surface area contributed by atoms with Gasteiger partial charge in [0, 0.05) is 12.7 Å². The molecule has 20 heteroatoms. The van der Waals surface area contributed by atoms with Crippen LogP contribution in [0.2, 0.25) is 0 Å². The van der Waals surface area contributed by atoms with Crippen LogP contribution in [0.3, 0.4) is 0 Å². The Morgan fingerprint density at radius 2 is 1.80 bits per heavy atom. The molecule has 11 N–H and O–H groups in total. The first-order valence-electron chi connectivity index (χ1n) is 11.9. The third-order valence-corrected chi connectivity index (χ3v) is 7.69. The fraction of sp³-hybridized carbons (Fsp3) is 0.619. The Balaban J connectivity index is 3.49. The van der Waals surface area contributed by atoms with Gasteiger partial charge in [-0.1, -0.05) is 10.8 Å². The molecule has 1 fully saturated rings. The molecule has 0 aromatic rings. The Morgan fingerprint density at radius 3 is 2.32 bits per heavy atom. The molecule has 0 aromatic carbocycles. The van der Waals surface area contributed by atoms with Crippen molar-refractivity contribution in [1.29, 1.82) is 0 Å². The van der Waals surface area contributed by atoms with Gasteiger partial charge in [-0.2, -0.15) is 0 Å². The number of hydrogen-bond donors (Lipinski definition) is 8. The second-order valence-electron chi connectivity index (χ2n) is 8.83. The highest BCUT2D eigenvalue weighted by Crippen LogP contribution is 2.34. The van der Waals surface area contributed by atoms with Crippen molar-refractivity contribution < 1.29 is 53.3 Å². The Kier molecular flexibility index (Phi) is 14.3. The van der Waals surface area contributed by atoms with Gasteiger partial charge in [-0.25, -0.2) is 0 Å². The molecule has 0 bridgehead atoms. The fourth-order valence-electron chi connectivity index (χ4n) is 3.34. The molecule has 0 aliphatic carbocycles. The van der Waals surface area contributed by atoms with Gasteiger partial charge < -0.3 is 53.0 Å². The van der Waals surface area contributed by atoms with E-state index in [1.807, 2.05) is 0 Å². The molecule has 1 heterocycles. The Bertz CT molecular complexity index is 1030. The van der Waals surface area contributed by atoms with E-state index < -0.39 is 109 Å². The topological polar surface area (TPSA) is 304 Å². The molecule has 230 valence electrons. The van der Waals surface area contributed by atoms with E-state index in [1.54, 1.807) is 0 Å². The van der Waals surface area contributed by atoms with Crippen molar-refractivity contribution in [2.24, 2.45) is 17.2 Å². The van der Waals surface area contributed by atoms with E-state index in [0.717, 1.165) is 22.6 Å². The van der Waals surface area contributed by atoms with Gasteiger partial charge in [0.15, 0.2) is 11.5 Å². The van der Waals surface area contributed by atoms with Crippen molar-refractivity contribution in [1.82, 2.24) is 20.9 Å². The van der Waals surface area contributed by atoms with E-state index in [2.05, 4.69) is 16.0 Å². The number of ether oxygens (including phenoxy) is 1. The first-order chi connectivity index (χ1) is 19.0. The van der Waals surface area contributed by atoms with Gasteiger partial charge in [0.05, 0.1) is 38.1 Å². The first kappa shape index (κ1) is 35.4. The third kappa shape index (κ3) is 12.2. The SMILES string of the molecule is CC(=O)N[C@@H](CC(=O)O)C(=O)N1C[C@@H](C(=O)NCC(N)=O)NC(=O)[C@@H]1C(OC(=O)C[C@@H](C)O)SSC[C@H](N)C(N)=O. The monoisotopic (exact) mass is 623 g/mol. The summed E-state index contributed by atoms with van der Waals surface area (Å²) in [7, 11) is 1.56. The lowest BCUT2D eigenvalue weighted by atomic mass is 10.0. The number of nitrogens with two attached hydrogens (primary N) is 3. The number of piperazine rings is 1. The summed E-state index contributed by atoms with van der Waals surface area (Å²) in [5.41, 5.74) is 14.2. The molecule has 1 unspecified atom stereocenters. The predicted octanol–water partition coefficient (Wildman–Crippen LogP) is -4.90. The smallest absolute Gasteiger partial charge is 0.309 e. The maximum atomic E-state index is 13.6. The van der Waals surface area contributed by atoms with Gasteiger partial charge in [0.2, 0.25) is 35.4 Å². The summed E-state index contributed by atoms with van der Waals surface area (Å²) in [4.78, 5) is 98.3. The normalized spacial score (nSPS) is 19.5. The van der Waals surface area contributed by atoms with Crippen LogP contribution in [-0.4, -0.2) is 117 Å². The summed E-state index contributed by atoms with van der Waals surface area (Å²) >= 11 is 0. The number of aliphatic hydroxyl groups excluding tert-OH is 1. The number of primary amides is 2. The second kappa shape index (κ2) is 16.6. The molecule has 1 aliphatic rings. The molecule has 41 heavy (non-hydrogen) atoms. The summed E-state index contributed by atoms with van der Waals surface area (Å²) in [5.74, 6) is -8.13. The lowest BCUT2D eigenvalue weighted by Gasteiger charge is -2.42. The summed E-state index contributed by atoms with van der Waals surface area (Å²) in [5, 5.41) is 25.6. The lowest BCUT2D eigenvalue weighted by Crippen LogP contribution is -2.69. The van der Waals surface area contributed by atoms with Crippen molar-refractivity contribution in [2.45, 2.75) is 62.4 Å². The Hall–Kier alpha value is -3.62. The van der Waals surface area contributed by atoms with Crippen LogP contribution in [0.1, 0.15) is 26.7 Å². The number of carbonyl (C=O) groups excluding carboxylic acids is 7. The minimum Gasteiger partial charge on any atom is -0.481 e. The number of rotatable bonds is 16. The van der Waals surface area contributed by atoms with Crippen molar-refractivity contribution in [3.63, 3.8) is 0 Å². The fourth-order valence-corrected chi connectivity index (χ4v) is 5.89. The van der Waals surface area contributed by atoms with E-state index in [-0.39, 0.29) is 5.75 Å². The third-order valence-electron chi connectivity index (χ3n) is 5.13. The number of nitrogens with one attached hydrogen (secondary N) is 3. The van der Waals surface area contributed by atoms with E-state index >= 15 is 0 Å².